The summed E-state index contributed by atoms with van der Waals surface area (Å²) in [6.07, 6.45) is 0. The van der Waals surface area contributed by atoms with E-state index in [2.05, 4.69) is 10.6 Å². The SMILES string of the molecule is COc1cccc(NC(=O)C[NH+](C)[C@H](C)C(=O)NCc2ccccc2)c1. The lowest BCUT2D eigenvalue weighted by atomic mass is 10.2. The van der Waals surface area contributed by atoms with Gasteiger partial charge in [0.1, 0.15) is 5.75 Å². The maximum absolute atomic E-state index is 12.3. The molecule has 0 fully saturated rings. The first kappa shape index (κ1) is 19.5. The van der Waals surface area contributed by atoms with E-state index in [0.717, 1.165) is 10.5 Å². The number of carbonyl (C=O) groups excluding carboxylic acids is 2. The third kappa shape index (κ3) is 5.89. The minimum Gasteiger partial charge on any atom is -0.497 e. The van der Waals surface area contributed by atoms with Gasteiger partial charge < -0.3 is 20.3 Å². The largest absolute Gasteiger partial charge is 0.497 e. The second-order valence-corrected chi connectivity index (χ2v) is 6.23. The van der Waals surface area contributed by atoms with Crippen LogP contribution in [0.3, 0.4) is 0 Å². The lowest BCUT2D eigenvalue weighted by Crippen LogP contribution is -3.15. The molecule has 0 saturated heterocycles. The predicted molar refractivity (Wildman–Crippen MR) is 101 cm³/mol. The molecular formula is C20H26N3O3+. The van der Waals surface area contributed by atoms with Crippen molar-refractivity contribution in [1.82, 2.24) is 5.32 Å². The Labute approximate surface area is 154 Å². The van der Waals surface area contributed by atoms with Crippen molar-refractivity contribution in [3.63, 3.8) is 0 Å². The Morgan fingerprint density at radius 3 is 2.54 bits per heavy atom. The van der Waals surface area contributed by atoms with Crippen molar-refractivity contribution in [2.75, 3.05) is 26.0 Å². The van der Waals surface area contributed by atoms with Crippen molar-refractivity contribution < 1.29 is 19.2 Å². The maximum Gasteiger partial charge on any atom is 0.279 e. The third-order valence-corrected chi connectivity index (χ3v) is 4.23. The van der Waals surface area contributed by atoms with Gasteiger partial charge in [-0.25, -0.2) is 0 Å². The number of quaternary nitrogens is 1. The van der Waals surface area contributed by atoms with Crippen molar-refractivity contribution in [3.05, 3.63) is 60.2 Å². The fourth-order valence-electron chi connectivity index (χ4n) is 2.47. The first-order valence-corrected chi connectivity index (χ1v) is 8.57. The summed E-state index contributed by atoms with van der Waals surface area (Å²) in [7, 11) is 3.41. The van der Waals surface area contributed by atoms with E-state index in [1.54, 1.807) is 19.2 Å². The van der Waals surface area contributed by atoms with Crippen LogP contribution in [0.2, 0.25) is 0 Å². The van der Waals surface area contributed by atoms with E-state index in [1.165, 1.54) is 0 Å². The van der Waals surface area contributed by atoms with Gasteiger partial charge in [0.15, 0.2) is 12.6 Å². The molecule has 0 aliphatic carbocycles. The van der Waals surface area contributed by atoms with Crippen LogP contribution in [-0.4, -0.2) is 38.6 Å². The van der Waals surface area contributed by atoms with Crippen LogP contribution in [0.5, 0.6) is 5.75 Å². The molecule has 6 heteroatoms. The van der Waals surface area contributed by atoms with Crippen molar-refractivity contribution in [3.8, 4) is 5.75 Å². The molecule has 2 amide bonds. The third-order valence-electron chi connectivity index (χ3n) is 4.23. The molecule has 2 aromatic carbocycles. The molecule has 0 bridgehead atoms. The van der Waals surface area contributed by atoms with E-state index >= 15 is 0 Å². The smallest absolute Gasteiger partial charge is 0.279 e. The number of anilines is 1. The van der Waals surface area contributed by atoms with Crippen LogP contribution in [0.4, 0.5) is 5.69 Å². The molecule has 0 radical (unpaired) electrons. The van der Waals surface area contributed by atoms with E-state index in [4.69, 9.17) is 4.74 Å². The number of benzene rings is 2. The highest BCUT2D eigenvalue weighted by Crippen LogP contribution is 2.16. The molecule has 0 aliphatic rings. The fourth-order valence-corrected chi connectivity index (χ4v) is 2.47. The number of methoxy groups -OCH3 is 1. The van der Waals surface area contributed by atoms with Gasteiger partial charge in [0.05, 0.1) is 14.2 Å². The highest BCUT2D eigenvalue weighted by atomic mass is 16.5. The summed E-state index contributed by atoms with van der Waals surface area (Å²) in [5.41, 5.74) is 1.71. The second-order valence-electron chi connectivity index (χ2n) is 6.23. The zero-order valence-corrected chi connectivity index (χ0v) is 15.4. The van der Waals surface area contributed by atoms with E-state index in [-0.39, 0.29) is 24.4 Å². The van der Waals surface area contributed by atoms with Crippen LogP contribution in [0.25, 0.3) is 0 Å². The summed E-state index contributed by atoms with van der Waals surface area (Å²) in [5, 5.41) is 5.74. The molecule has 0 aliphatic heterocycles. The summed E-state index contributed by atoms with van der Waals surface area (Å²) in [4.78, 5) is 25.3. The molecule has 0 saturated carbocycles. The average Bonchev–Trinajstić information content (AvgIpc) is 2.66. The molecule has 6 nitrogen and oxygen atoms in total. The lowest BCUT2D eigenvalue weighted by Gasteiger charge is -2.20. The monoisotopic (exact) mass is 356 g/mol. The molecule has 26 heavy (non-hydrogen) atoms. The summed E-state index contributed by atoms with van der Waals surface area (Å²) in [6.45, 7) is 2.49. The maximum atomic E-state index is 12.3. The normalized spacial score (nSPS) is 12.7. The van der Waals surface area contributed by atoms with Crippen molar-refractivity contribution in [2.45, 2.75) is 19.5 Å². The number of hydrogen-bond donors (Lipinski definition) is 3. The topological polar surface area (TPSA) is 71.9 Å². The second kappa shape index (κ2) is 9.58. The van der Waals surface area contributed by atoms with E-state index in [0.29, 0.717) is 18.0 Å². The number of likely N-dealkylation sites (N-methyl/N-ethyl adjacent to an activating group) is 1. The van der Waals surface area contributed by atoms with Gasteiger partial charge in [-0.2, -0.15) is 0 Å². The molecule has 3 N–H and O–H groups in total. The Morgan fingerprint density at radius 1 is 1.12 bits per heavy atom. The molecule has 2 aromatic rings. The highest BCUT2D eigenvalue weighted by molar-refractivity contribution is 5.91. The molecule has 1 unspecified atom stereocenters. The Bertz CT molecular complexity index is 734. The Morgan fingerprint density at radius 2 is 1.85 bits per heavy atom. The quantitative estimate of drug-likeness (QED) is 0.657. The molecule has 2 rings (SSSR count). The minimum absolute atomic E-state index is 0.0828. The predicted octanol–water partition coefficient (Wildman–Crippen LogP) is 0.853. The van der Waals surface area contributed by atoms with Crippen LogP contribution >= 0.6 is 0 Å². The molecule has 0 aromatic heterocycles. The van der Waals surface area contributed by atoms with Crippen molar-refractivity contribution in [1.29, 1.82) is 0 Å². The minimum atomic E-state index is -0.338. The summed E-state index contributed by atoms with van der Waals surface area (Å²) < 4.78 is 5.14. The van der Waals surface area contributed by atoms with Crippen LogP contribution in [0.15, 0.2) is 54.6 Å². The molecule has 0 heterocycles. The van der Waals surface area contributed by atoms with Gasteiger partial charge in [0, 0.05) is 18.3 Å². The van der Waals surface area contributed by atoms with Crippen LogP contribution < -0.4 is 20.3 Å². The van der Waals surface area contributed by atoms with Gasteiger partial charge in [-0.3, -0.25) is 9.59 Å². The van der Waals surface area contributed by atoms with Gasteiger partial charge in [0.25, 0.3) is 11.8 Å². The Balaban J connectivity index is 1.82. The Kier molecular flexibility index (Phi) is 7.17. The van der Waals surface area contributed by atoms with Gasteiger partial charge in [-0.1, -0.05) is 36.4 Å². The summed E-state index contributed by atoms with van der Waals surface area (Å²) in [5.74, 6) is 0.441. The summed E-state index contributed by atoms with van der Waals surface area (Å²) >= 11 is 0. The summed E-state index contributed by atoms with van der Waals surface area (Å²) in [6, 6.07) is 16.6. The first-order chi connectivity index (χ1) is 12.5. The van der Waals surface area contributed by atoms with E-state index in [9.17, 15) is 9.59 Å². The van der Waals surface area contributed by atoms with Gasteiger partial charge in [-0.15, -0.1) is 0 Å². The molecule has 0 spiro atoms. The van der Waals surface area contributed by atoms with E-state index < -0.39 is 0 Å². The zero-order valence-electron chi connectivity index (χ0n) is 15.4. The number of carbonyl (C=O) groups is 2. The molecule has 2 atom stereocenters. The first-order valence-electron chi connectivity index (χ1n) is 8.57. The number of hydrogen-bond acceptors (Lipinski definition) is 3. The van der Waals surface area contributed by atoms with Crippen LogP contribution in [-0.2, 0) is 16.1 Å². The van der Waals surface area contributed by atoms with Crippen molar-refractivity contribution in [2.24, 2.45) is 0 Å². The van der Waals surface area contributed by atoms with Crippen LogP contribution in [0.1, 0.15) is 12.5 Å². The average molecular weight is 356 g/mol. The molecule has 138 valence electrons. The standard InChI is InChI=1S/C20H25N3O3/c1-15(20(25)21-13-16-8-5-4-6-9-16)23(2)14-19(24)22-17-10-7-11-18(12-17)26-3/h4-12,15H,13-14H2,1-3H3,(H,21,25)(H,22,24)/p+1/t15-/m1/s1. The van der Waals surface area contributed by atoms with E-state index in [1.807, 2.05) is 56.4 Å². The van der Waals surface area contributed by atoms with Gasteiger partial charge in [-0.05, 0) is 24.6 Å². The highest BCUT2D eigenvalue weighted by Gasteiger charge is 2.23. The van der Waals surface area contributed by atoms with Gasteiger partial charge >= 0.3 is 0 Å². The zero-order chi connectivity index (χ0) is 18.9. The van der Waals surface area contributed by atoms with Crippen molar-refractivity contribution >= 4 is 17.5 Å². The number of rotatable bonds is 8. The fraction of sp³-hybridized carbons (Fsp3) is 0.300. The lowest BCUT2D eigenvalue weighted by molar-refractivity contribution is -0.885. The number of nitrogens with one attached hydrogen (secondary N) is 3. The molecular weight excluding hydrogens is 330 g/mol. The Hall–Kier alpha value is -2.86. The number of amides is 2. The van der Waals surface area contributed by atoms with Gasteiger partial charge in [0.2, 0.25) is 0 Å². The van der Waals surface area contributed by atoms with Crippen LogP contribution in [0, 0.1) is 0 Å². The number of ether oxygens (including phenoxy) is 1.